The van der Waals surface area contributed by atoms with Crippen LogP contribution in [0.2, 0.25) is 39.3 Å². The highest BCUT2D eigenvalue weighted by molar-refractivity contribution is 6.80. The molecule has 0 aliphatic carbocycles. The van der Waals surface area contributed by atoms with Gasteiger partial charge in [-0.2, -0.15) is 0 Å². The molecule has 4 heteroatoms. The van der Waals surface area contributed by atoms with Crippen LogP contribution in [0.25, 0.3) is 0 Å². The molecule has 0 saturated carbocycles. The minimum Gasteiger partial charge on any atom is -0.533 e. The first kappa shape index (κ1) is 16.0. The molecular weight excluding hydrogens is 266 g/mol. The standard InChI is InChI=1S/C15H27NOSi2/c1-8-15(17-19(5,6)7)16(18(2,3)4)14-12-10-9-11-13-14/h8-13H,1-7H3/b15-8-. The summed E-state index contributed by atoms with van der Waals surface area (Å²) in [6.45, 7) is 15.8. The predicted molar refractivity (Wildman–Crippen MR) is 90.5 cm³/mol. The smallest absolute Gasteiger partial charge is 0.244 e. The third-order valence-corrected chi connectivity index (χ3v) is 5.21. The van der Waals surface area contributed by atoms with Crippen molar-refractivity contribution in [1.82, 2.24) is 0 Å². The molecule has 0 amide bonds. The fourth-order valence-corrected chi connectivity index (χ4v) is 4.66. The number of hydrogen-bond donors (Lipinski definition) is 0. The third-order valence-electron chi connectivity index (χ3n) is 2.56. The van der Waals surface area contributed by atoms with Crippen LogP contribution in [0.1, 0.15) is 6.92 Å². The van der Waals surface area contributed by atoms with Crippen molar-refractivity contribution in [3.8, 4) is 0 Å². The Morgan fingerprint density at radius 3 is 1.89 bits per heavy atom. The zero-order chi connectivity index (χ0) is 14.7. The fraction of sp³-hybridized carbons (Fsp3) is 0.467. The van der Waals surface area contributed by atoms with E-state index in [1.165, 1.54) is 5.69 Å². The Bertz CT molecular complexity index is 430. The predicted octanol–water partition coefficient (Wildman–Crippen LogP) is 5.04. The van der Waals surface area contributed by atoms with Crippen LogP contribution in [0.3, 0.4) is 0 Å². The Hall–Kier alpha value is -1.01. The van der Waals surface area contributed by atoms with E-state index in [4.69, 9.17) is 4.43 Å². The van der Waals surface area contributed by atoms with Crippen molar-refractivity contribution in [3.05, 3.63) is 42.3 Å². The molecule has 0 aliphatic rings. The van der Waals surface area contributed by atoms with Gasteiger partial charge in [-0.1, -0.05) is 37.8 Å². The van der Waals surface area contributed by atoms with E-state index in [1.807, 2.05) is 0 Å². The summed E-state index contributed by atoms with van der Waals surface area (Å²) in [6, 6.07) is 10.6. The van der Waals surface area contributed by atoms with Gasteiger partial charge < -0.3 is 8.99 Å². The van der Waals surface area contributed by atoms with E-state index in [1.54, 1.807) is 0 Å². The zero-order valence-corrected chi connectivity index (χ0v) is 15.3. The highest BCUT2D eigenvalue weighted by Crippen LogP contribution is 2.28. The van der Waals surface area contributed by atoms with E-state index < -0.39 is 16.6 Å². The van der Waals surface area contributed by atoms with Gasteiger partial charge in [0.05, 0.1) is 0 Å². The van der Waals surface area contributed by atoms with Gasteiger partial charge in [-0.3, -0.25) is 0 Å². The zero-order valence-electron chi connectivity index (χ0n) is 13.3. The summed E-state index contributed by atoms with van der Waals surface area (Å²) < 4.78 is 8.70. The Kier molecular flexibility index (Phi) is 5.04. The minimum atomic E-state index is -1.60. The molecule has 0 N–H and O–H groups in total. The summed E-state index contributed by atoms with van der Waals surface area (Å²) in [5.74, 6) is 1.02. The lowest BCUT2D eigenvalue weighted by Crippen LogP contribution is -2.48. The molecule has 0 aromatic heterocycles. The molecule has 19 heavy (non-hydrogen) atoms. The van der Waals surface area contributed by atoms with Crippen LogP contribution in [-0.4, -0.2) is 16.6 Å². The quantitative estimate of drug-likeness (QED) is 0.557. The molecule has 2 nitrogen and oxygen atoms in total. The van der Waals surface area contributed by atoms with Gasteiger partial charge in [0, 0.05) is 5.69 Å². The van der Waals surface area contributed by atoms with Crippen molar-refractivity contribution in [3.63, 3.8) is 0 Å². The largest absolute Gasteiger partial charge is 0.533 e. The molecule has 0 aliphatic heterocycles. The van der Waals surface area contributed by atoms with E-state index in [0.717, 1.165) is 5.88 Å². The molecule has 1 rings (SSSR count). The van der Waals surface area contributed by atoms with Gasteiger partial charge >= 0.3 is 0 Å². The molecule has 0 saturated heterocycles. The number of allylic oxidation sites excluding steroid dienone is 1. The van der Waals surface area contributed by atoms with Crippen molar-refractivity contribution in [1.29, 1.82) is 0 Å². The molecule has 0 heterocycles. The maximum absolute atomic E-state index is 6.29. The molecular formula is C15H27NOSi2. The molecule has 0 spiro atoms. The van der Waals surface area contributed by atoms with Gasteiger partial charge in [0.15, 0.2) is 14.1 Å². The van der Waals surface area contributed by atoms with Crippen molar-refractivity contribution in [2.45, 2.75) is 46.2 Å². The van der Waals surface area contributed by atoms with Gasteiger partial charge in [-0.15, -0.1) is 0 Å². The molecule has 0 bridgehead atoms. The Labute approximate surface area is 120 Å². The van der Waals surface area contributed by atoms with Gasteiger partial charge in [0.2, 0.25) is 8.32 Å². The lowest BCUT2D eigenvalue weighted by Gasteiger charge is -2.40. The number of hydrogen-bond acceptors (Lipinski definition) is 2. The first-order valence-corrected chi connectivity index (χ1v) is 13.7. The van der Waals surface area contributed by atoms with Gasteiger partial charge in [-0.05, 0) is 44.8 Å². The van der Waals surface area contributed by atoms with Crippen molar-refractivity contribution < 1.29 is 4.43 Å². The summed E-state index contributed by atoms with van der Waals surface area (Å²) in [6.07, 6.45) is 2.10. The van der Waals surface area contributed by atoms with Crippen LogP contribution < -0.4 is 4.57 Å². The molecule has 1 aromatic carbocycles. The summed E-state index contributed by atoms with van der Waals surface area (Å²) in [4.78, 5) is 0. The second-order valence-corrected chi connectivity index (χ2v) is 15.9. The van der Waals surface area contributed by atoms with Crippen LogP contribution in [-0.2, 0) is 4.43 Å². The Balaban J connectivity index is 3.18. The summed E-state index contributed by atoms with van der Waals surface area (Å²) in [5.41, 5.74) is 1.23. The molecule has 0 atom stereocenters. The molecule has 0 radical (unpaired) electrons. The van der Waals surface area contributed by atoms with E-state index in [0.29, 0.717) is 0 Å². The first-order chi connectivity index (χ1) is 8.65. The molecule has 106 valence electrons. The van der Waals surface area contributed by atoms with Gasteiger partial charge in [0.25, 0.3) is 0 Å². The highest BCUT2D eigenvalue weighted by Gasteiger charge is 2.30. The maximum Gasteiger partial charge on any atom is 0.244 e. The second-order valence-electron chi connectivity index (χ2n) is 6.68. The Morgan fingerprint density at radius 2 is 1.53 bits per heavy atom. The molecule has 0 fully saturated rings. The number of nitrogens with zero attached hydrogens (tertiary/aromatic N) is 1. The van der Waals surface area contributed by atoms with Crippen LogP contribution in [0, 0.1) is 0 Å². The third kappa shape index (κ3) is 4.88. The highest BCUT2D eigenvalue weighted by atomic mass is 28.4. The molecule has 1 aromatic rings. The summed E-state index contributed by atoms with van der Waals surface area (Å²) in [7, 11) is -3.15. The van der Waals surface area contributed by atoms with E-state index in [2.05, 4.69) is 87.2 Å². The van der Waals surface area contributed by atoms with E-state index in [9.17, 15) is 0 Å². The monoisotopic (exact) mass is 293 g/mol. The van der Waals surface area contributed by atoms with Crippen LogP contribution >= 0.6 is 0 Å². The summed E-state index contributed by atoms with van der Waals surface area (Å²) in [5, 5.41) is 0. The number of anilines is 1. The van der Waals surface area contributed by atoms with Crippen LogP contribution in [0.4, 0.5) is 5.69 Å². The van der Waals surface area contributed by atoms with Crippen LogP contribution in [0.5, 0.6) is 0 Å². The summed E-state index contributed by atoms with van der Waals surface area (Å²) >= 11 is 0. The van der Waals surface area contributed by atoms with Gasteiger partial charge in [-0.25, -0.2) is 0 Å². The average molecular weight is 294 g/mol. The van der Waals surface area contributed by atoms with Crippen LogP contribution in [0.15, 0.2) is 42.3 Å². The molecule has 0 unspecified atom stereocenters. The maximum atomic E-state index is 6.29. The topological polar surface area (TPSA) is 12.5 Å². The van der Waals surface area contributed by atoms with Crippen molar-refractivity contribution >= 4 is 22.2 Å². The number of rotatable bonds is 5. The number of benzene rings is 1. The minimum absolute atomic E-state index is 1.02. The first-order valence-electron chi connectivity index (χ1n) is 6.86. The van der Waals surface area contributed by atoms with E-state index in [-0.39, 0.29) is 0 Å². The SMILES string of the molecule is C/C=C(\O[Si](C)(C)C)N(c1ccccc1)[Si](C)(C)C. The van der Waals surface area contributed by atoms with Crippen molar-refractivity contribution in [2.75, 3.05) is 4.57 Å². The van der Waals surface area contributed by atoms with E-state index >= 15 is 0 Å². The Morgan fingerprint density at radius 1 is 1.00 bits per heavy atom. The fourth-order valence-electron chi connectivity index (χ4n) is 1.97. The lowest BCUT2D eigenvalue weighted by atomic mass is 10.3. The van der Waals surface area contributed by atoms with Crippen molar-refractivity contribution in [2.24, 2.45) is 0 Å². The normalized spacial score (nSPS) is 13.3. The van der Waals surface area contributed by atoms with Gasteiger partial charge in [0.1, 0.15) is 0 Å². The lowest BCUT2D eigenvalue weighted by molar-refractivity contribution is 0.415. The second kappa shape index (κ2) is 5.97. The average Bonchev–Trinajstić information content (AvgIpc) is 2.26. The number of para-hydroxylation sites is 1.